The zero-order chi connectivity index (χ0) is 14.7. The highest BCUT2D eigenvalue weighted by Gasteiger charge is 2.03. The molecule has 1 N–H and O–H groups in total. The van der Waals surface area contributed by atoms with Crippen molar-refractivity contribution in [2.45, 2.75) is 34.6 Å². The van der Waals surface area contributed by atoms with Crippen molar-refractivity contribution in [3.63, 3.8) is 0 Å². The molecule has 104 valence electrons. The summed E-state index contributed by atoms with van der Waals surface area (Å²) in [6.07, 6.45) is 0. The van der Waals surface area contributed by atoms with Crippen LogP contribution in [-0.2, 0) is 0 Å². The summed E-state index contributed by atoms with van der Waals surface area (Å²) < 4.78 is 5.54. The molecule has 2 aromatic rings. The minimum absolute atomic E-state index is 0.157. The predicted molar refractivity (Wildman–Crippen MR) is 82.1 cm³/mol. The molecule has 0 fully saturated rings. The molecule has 0 saturated carbocycles. The first-order valence-corrected chi connectivity index (χ1v) is 6.78. The number of aryl methyl sites for hydroxylation is 1. The van der Waals surface area contributed by atoms with E-state index in [1.54, 1.807) is 6.07 Å². The van der Waals surface area contributed by atoms with Gasteiger partial charge in [-0.3, -0.25) is 0 Å². The average molecular weight is 260 g/mol. The third-order valence-corrected chi connectivity index (χ3v) is 2.09. The van der Waals surface area contributed by atoms with Crippen LogP contribution in [0.3, 0.4) is 0 Å². The Bertz CT molecular complexity index is 450. The molecule has 2 rings (SSSR count). The van der Waals surface area contributed by atoms with Crippen molar-refractivity contribution in [2.24, 2.45) is 0 Å². The molecule has 2 nitrogen and oxygen atoms in total. The number of hydrogen-bond acceptors (Lipinski definition) is 2. The largest absolute Gasteiger partial charge is 0.504 e. The van der Waals surface area contributed by atoms with E-state index in [-0.39, 0.29) is 5.75 Å². The second-order valence-corrected chi connectivity index (χ2v) is 3.39. The molecule has 2 heteroatoms. The number of ether oxygens (including phenoxy) is 1. The van der Waals surface area contributed by atoms with Gasteiger partial charge in [-0.1, -0.05) is 52.0 Å². The molecule has 0 atom stereocenters. The maximum Gasteiger partial charge on any atom is 0.169 e. The molecular formula is C17H24O2. The zero-order valence-corrected chi connectivity index (χ0v) is 12.5. The fraction of sp³-hybridized carbons (Fsp3) is 0.294. The van der Waals surface area contributed by atoms with Gasteiger partial charge in [0.1, 0.15) is 5.75 Å². The Morgan fingerprint density at radius 1 is 0.842 bits per heavy atom. The van der Waals surface area contributed by atoms with Crippen molar-refractivity contribution in [1.82, 2.24) is 0 Å². The lowest BCUT2D eigenvalue weighted by Crippen LogP contribution is -1.85. The van der Waals surface area contributed by atoms with Gasteiger partial charge in [-0.15, -0.1) is 0 Å². The SMILES string of the molecule is CC.CC.Cc1ccc(O)c(Oc2ccccc2)c1. The van der Waals surface area contributed by atoms with Crippen LogP contribution in [0, 0.1) is 6.92 Å². The molecule has 0 radical (unpaired) electrons. The maximum atomic E-state index is 9.57. The molecule has 0 saturated heterocycles. The maximum absolute atomic E-state index is 9.57. The minimum Gasteiger partial charge on any atom is -0.504 e. The van der Waals surface area contributed by atoms with Gasteiger partial charge >= 0.3 is 0 Å². The number of para-hydroxylation sites is 1. The fourth-order valence-corrected chi connectivity index (χ4v) is 1.32. The second kappa shape index (κ2) is 10.0. The van der Waals surface area contributed by atoms with Gasteiger partial charge in [-0.25, -0.2) is 0 Å². The molecule has 0 unspecified atom stereocenters. The van der Waals surface area contributed by atoms with Gasteiger partial charge in [0.2, 0.25) is 0 Å². The first kappa shape index (κ1) is 17.0. The molecule has 0 heterocycles. The van der Waals surface area contributed by atoms with Crippen LogP contribution in [0.5, 0.6) is 17.2 Å². The van der Waals surface area contributed by atoms with E-state index in [4.69, 9.17) is 4.74 Å². The molecule has 0 bridgehead atoms. The Labute approximate surface area is 116 Å². The lowest BCUT2D eigenvalue weighted by atomic mass is 10.2. The van der Waals surface area contributed by atoms with Gasteiger partial charge in [0, 0.05) is 0 Å². The van der Waals surface area contributed by atoms with E-state index >= 15 is 0 Å². The highest BCUT2D eigenvalue weighted by molar-refractivity contribution is 5.44. The third-order valence-electron chi connectivity index (χ3n) is 2.09. The summed E-state index contributed by atoms with van der Waals surface area (Å²) in [6, 6.07) is 14.7. The number of aromatic hydroxyl groups is 1. The summed E-state index contributed by atoms with van der Waals surface area (Å²) in [4.78, 5) is 0. The quantitative estimate of drug-likeness (QED) is 0.767. The Balaban J connectivity index is 0.000000741. The lowest BCUT2D eigenvalue weighted by molar-refractivity contribution is 0.411. The topological polar surface area (TPSA) is 29.5 Å². The van der Waals surface area contributed by atoms with Crippen molar-refractivity contribution in [3.8, 4) is 17.2 Å². The van der Waals surface area contributed by atoms with Crippen LogP contribution in [0.15, 0.2) is 48.5 Å². The normalized spacial score (nSPS) is 8.47. The Kier molecular flexibility index (Phi) is 8.98. The van der Waals surface area contributed by atoms with Crippen LogP contribution in [0.2, 0.25) is 0 Å². The zero-order valence-electron chi connectivity index (χ0n) is 12.5. The molecule has 0 aliphatic carbocycles. The number of rotatable bonds is 2. The fourth-order valence-electron chi connectivity index (χ4n) is 1.32. The number of benzene rings is 2. The van der Waals surface area contributed by atoms with Gasteiger partial charge < -0.3 is 9.84 Å². The van der Waals surface area contributed by atoms with E-state index < -0.39 is 0 Å². The first-order chi connectivity index (χ1) is 9.25. The Morgan fingerprint density at radius 3 is 2.00 bits per heavy atom. The monoisotopic (exact) mass is 260 g/mol. The minimum atomic E-state index is 0.157. The van der Waals surface area contributed by atoms with E-state index in [9.17, 15) is 5.11 Å². The molecule has 0 spiro atoms. The van der Waals surface area contributed by atoms with E-state index in [1.807, 2.05) is 77.1 Å². The summed E-state index contributed by atoms with van der Waals surface area (Å²) in [6.45, 7) is 9.96. The summed E-state index contributed by atoms with van der Waals surface area (Å²) in [5.41, 5.74) is 1.05. The van der Waals surface area contributed by atoms with Crippen molar-refractivity contribution in [2.75, 3.05) is 0 Å². The molecule has 0 aliphatic heterocycles. The van der Waals surface area contributed by atoms with Crippen LogP contribution in [-0.4, -0.2) is 5.11 Å². The lowest BCUT2D eigenvalue weighted by Gasteiger charge is -2.07. The van der Waals surface area contributed by atoms with Gasteiger partial charge in [0.15, 0.2) is 11.5 Å². The van der Waals surface area contributed by atoms with E-state index in [0.29, 0.717) is 5.75 Å². The molecule has 0 aromatic heterocycles. The highest BCUT2D eigenvalue weighted by Crippen LogP contribution is 2.30. The summed E-state index contributed by atoms with van der Waals surface area (Å²) in [7, 11) is 0. The van der Waals surface area contributed by atoms with Crippen molar-refractivity contribution >= 4 is 0 Å². The van der Waals surface area contributed by atoms with Gasteiger partial charge in [-0.2, -0.15) is 0 Å². The van der Waals surface area contributed by atoms with Gasteiger partial charge in [0.25, 0.3) is 0 Å². The summed E-state index contributed by atoms with van der Waals surface area (Å²) in [5.74, 6) is 1.36. The molecule has 2 aromatic carbocycles. The predicted octanol–water partition coefficient (Wildman–Crippen LogP) is 5.55. The van der Waals surface area contributed by atoms with Crippen molar-refractivity contribution in [3.05, 3.63) is 54.1 Å². The Morgan fingerprint density at radius 2 is 1.42 bits per heavy atom. The molecule has 19 heavy (non-hydrogen) atoms. The standard InChI is InChI=1S/C13H12O2.2C2H6/c1-10-7-8-12(14)13(9-10)15-11-5-3-2-4-6-11;2*1-2/h2-9,14H,1H3;2*1-2H3. The van der Waals surface area contributed by atoms with Crippen molar-refractivity contribution < 1.29 is 9.84 Å². The van der Waals surface area contributed by atoms with Crippen molar-refractivity contribution in [1.29, 1.82) is 0 Å². The van der Waals surface area contributed by atoms with E-state index in [1.165, 1.54) is 0 Å². The smallest absolute Gasteiger partial charge is 0.169 e. The van der Waals surface area contributed by atoms with Crippen LogP contribution in [0.1, 0.15) is 33.3 Å². The van der Waals surface area contributed by atoms with Gasteiger partial charge in [0.05, 0.1) is 0 Å². The second-order valence-electron chi connectivity index (χ2n) is 3.39. The van der Waals surface area contributed by atoms with Crippen LogP contribution in [0.25, 0.3) is 0 Å². The van der Waals surface area contributed by atoms with Crippen LogP contribution in [0.4, 0.5) is 0 Å². The number of phenolic OH excluding ortho intramolecular Hbond substituents is 1. The average Bonchev–Trinajstić information content (AvgIpc) is 2.48. The Hall–Kier alpha value is -1.96. The van der Waals surface area contributed by atoms with E-state index in [2.05, 4.69) is 0 Å². The van der Waals surface area contributed by atoms with Gasteiger partial charge in [-0.05, 0) is 36.8 Å². The van der Waals surface area contributed by atoms with Crippen LogP contribution >= 0.6 is 0 Å². The number of phenols is 1. The summed E-state index contributed by atoms with van der Waals surface area (Å²) in [5, 5.41) is 9.57. The third kappa shape index (κ3) is 5.96. The molecular weight excluding hydrogens is 236 g/mol. The van der Waals surface area contributed by atoms with Crippen LogP contribution < -0.4 is 4.74 Å². The van der Waals surface area contributed by atoms with E-state index in [0.717, 1.165) is 11.3 Å². The first-order valence-electron chi connectivity index (χ1n) is 6.78. The molecule has 0 aliphatic rings. The molecule has 0 amide bonds. The number of hydrogen-bond donors (Lipinski definition) is 1. The highest BCUT2D eigenvalue weighted by atomic mass is 16.5. The summed E-state index contributed by atoms with van der Waals surface area (Å²) >= 11 is 0.